The van der Waals surface area contributed by atoms with Crippen molar-refractivity contribution in [1.29, 1.82) is 0 Å². The summed E-state index contributed by atoms with van der Waals surface area (Å²) in [6.07, 6.45) is 2.07. The van der Waals surface area contributed by atoms with Crippen LogP contribution in [-0.4, -0.2) is 34.9 Å². The van der Waals surface area contributed by atoms with Crippen molar-refractivity contribution in [2.24, 2.45) is 0 Å². The number of esters is 1. The summed E-state index contributed by atoms with van der Waals surface area (Å²) >= 11 is 0. The lowest BCUT2D eigenvalue weighted by Gasteiger charge is -2.22. The lowest BCUT2D eigenvalue weighted by atomic mass is 10.1. The Labute approximate surface area is 190 Å². The number of rotatable bonds is 6. The number of benzene rings is 2. The molecule has 7 nitrogen and oxygen atoms in total. The maximum Gasteiger partial charge on any atom is 0.338 e. The van der Waals surface area contributed by atoms with Crippen LogP contribution >= 0.6 is 0 Å². The van der Waals surface area contributed by atoms with E-state index in [2.05, 4.69) is 4.98 Å². The average molecular weight is 442 g/mol. The van der Waals surface area contributed by atoms with Gasteiger partial charge < -0.3 is 14.2 Å². The van der Waals surface area contributed by atoms with Gasteiger partial charge in [0.05, 0.1) is 18.4 Å². The number of imidazole rings is 1. The van der Waals surface area contributed by atoms with Gasteiger partial charge in [0, 0.05) is 12.6 Å². The van der Waals surface area contributed by atoms with E-state index >= 15 is 0 Å². The molecule has 2 aromatic heterocycles. The first-order chi connectivity index (χ1) is 16.1. The van der Waals surface area contributed by atoms with Crippen molar-refractivity contribution >= 4 is 17.9 Å². The van der Waals surface area contributed by atoms with E-state index in [1.54, 1.807) is 61.0 Å². The predicted octanol–water partition coefficient (Wildman–Crippen LogP) is 4.37. The maximum absolute atomic E-state index is 12.9. The molecule has 0 spiro atoms. The fraction of sp³-hybridized carbons (Fsp3) is 0.192. The minimum absolute atomic E-state index is 0.429. The zero-order chi connectivity index (χ0) is 22.9. The fourth-order valence-electron chi connectivity index (χ4n) is 4.24. The summed E-state index contributed by atoms with van der Waals surface area (Å²) in [6, 6.07) is 18.3. The molecule has 2 unspecified atom stereocenters. The number of aldehydes is 1. The first-order valence-electron chi connectivity index (χ1n) is 10.6. The molecule has 0 fully saturated rings. The molecule has 0 bridgehead atoms. The van der Waals surface area contributed by atoms with Crippen LogP contribution in [0.25, 0.3) is 5.65 Å². The van der Waals surface area contributed by atoms with E-state index in [9.17, 15) is 9.59 Å². The monoisotopic (exact) mass is 442 g/mol. The third kappa shape index (κ3) is 3.71. The summed E-state index contributed by atoms with van der Waals surface area (Å²) in [5, 5.41) is 0. The van der Waals surface area contributed by atoms with Crippen LogP contribution in [0.1, 0.15) is 43.8 Å². The number of hydrogen-bond donors (Lipinski definition) is 0. The second kappa shape index (κ2) is 8.43. The first kappa shape index (κ1) is 20.8. The van der Waals surface area contributed by atoms with E-state index in [0.717, 1.165) is 17.4 Å². The number of ether oxygens (including phenoxy) is 3. The van der Waals surface area contributed by atoms with Crippen LogP contribution in [0.5, 0.6) is 11.5 Å². The van der Waals surface area contributed by atoms with Crippen molar-refractivity contribution in [1.82, 2.24) is 9.38 Å². The van der Waals surface area contributed by atoms with Crippen LogP contribution in [-0.2, 0) is 11.2 Å². The minimum atomic E-state index is -0.515. The lowest BCUT2D eigenvalue weighted by molar-refractivity contribution is -0.00285. The molecule has 7 heteroatoms. The second-order valence-corrected chi connectivity index (χ2v) is 7.88. The average Bonchev–Trinajstić information content (AvgIpc) is 3.35. The van der Waals surface area contributed by atoms with Crippen molar-refractivity contribution in [3.8, 4) is 11.5 Å². The van der Waals surface area contributed by atoms with E-state index in [-0.39, 0.29) is 0 Å². The summed E-state index contributed by atoms with van der Waals surface area (Å²) < 4.78 is 19.2. The summed E-state index contributed by atoms with van der Waals surface area (Å²) in [5.41, 5.74) is 4.11. The van der Waals surface area contributed by atoms with E-state index in [4.69, 9.17) is 14.2 Å². The van der Waals surface area contributed by atoms with Crippen LogP contribution in [0.15, 0.2) is 66.9 Å². The molecule has 33 heavy (non-hydrogen) atoms. The number of carbonyl (C=O) groups is 2. The van der Waals surface area contributed by atoms with Gasteiger partial charge in [-0.05, 0) is 54.4 Å². The Balaban J connectivity index is 1.46. The highest BCUT2D eigenvalue weighted by Crippen LogP contribution is 2.38. The van der Waals surface area contributed by atoms with Gasteiger partial charge in [-0.25, -0.2) is 9.78 Å². The normalized spacial score (nSPS) is 16.9. The van der Waals surface area contributed by atoms with Crippen molar-refractivity contribution in [3.63, 3.8) is 0 Å². The van der Waals surface area contributed by atoms with Crippen molar-refractivity contribution in [2.45, 2.75) is 25.6 Å². The quantitative estimate of drug-likeness (QED) is 0.326. The number of aryl methyl sites for hydroxylation is 1. The van der Waals surface area contributed by atoms with Gasteiger partial charge in [-0.1, -0.05) is 24.3 Å². The van der Waals surface area contributed by atoms with Crippen molar-refractivity contribution in [3.05, 3.63) is 94.9 Å². The fourth-order valence-corrected chi connectivity index (χ4v) is 4.24. The standard InChI is InChI=1S/C26H22N2O5/c1-16-21(15-29)28-13-5-8-22(25(28)27-16)32-24-20-7-4-3-6-18(20)14-23(24)33-26(30)17-9-11-19(31-2)12-10-17/h3-13,15,23-24H,14H2,1-2H3. The topological polar surface area (TPSA) is 79.1 Å². The molecule has 0 amide bonds. The van der Waals surface area contributed by atoms with Crippen LogP contribution in [0.2, 0.25) is 0 Å². The van der Waals surface area contributed by atoms with E-state index < -0.39 is 18.2 Å². The van der Waals surface area contributed by atoms with E-state index in [0.29, 0.717) is 40.5 Å². The van der Waals surface area contributed by atoms with Gasteiger partial charge in [0.2, 0.25) is 0 Å². The zero-order valence-electron chi connectivity index (χ0n) is 18.2. The molecular formula is C26H22N2O5. The number of carbonyl (C=O) groups excluding carboxylic acids is 2. The molecular weight excluding hydrogens is 420 g/mol. The van der Waals surface area contributed by atoms with Gasteiger partial charge in [-0.2, -0.15) is 0 Å². The summed E-state index contributed by atoms with van der Waals surface area (Å²) in [5.74, 6) is 0.752. The molecule has 0 N–H and O–H groups in total. The third-order valence-electron chi connectivity index (χ3n) is 5.91. The Bertz CT molecular complexity index is 1340. The molecule has 1 aliphatic carbocycles. The number of hydrogen-bond acceptors (Lipinski definition) is 6. The molecule has 2 heterocycles. The molecule has 4 aromatic rings. The molecule has 0 aliphatic heterocycles. The summed E-state index contributed by atoms with van der Waals surface area (Å²) in [4.78, 5) is 28.9. The van der Waals surface area contributed by atoms with E-state index in [1.165, 1.54) is 0 Å². The Kier molecular flexibility index (Phi) is 5.30. The Morgan fingerprint density at radius 2 is 1.88 bits per heavy atom. The maximum atomic E-state index is 12.9. The zero-order valence-corrected chi connectivity index (χ0v) is 18.2. The molecule has 5 rings (SSSR count). The highest BCUT2D eigenvalue weighted by atomic mass is 16.6. The summed E-state index contributed by atoms with van der Waals surface area (Å²) in [6.45, 7) is 1.78. The predicted molar refractivity (Wildman–Crippen MR) is 121 cm³/mol. The van der Waals surface area contributed by atoms with Crippen molar-refractivity contribution < 1.29 is 23.8 Å². The Morgan fingerprint density at radius 3 is 2.64 bits per heavy atom. The highest BCUT2D eigenvalue weighted by Gasteiger charge is 2.37. The van der Waals surface area contributed by atoms with Gasteiger partial charge in [0.1, 0.15) is 17.5 Å². The number of pyridine rings is 1. The molecule has 166 valence electrons. The minimum Gasteiger partial charge on any atom is -0.497 e. The molecule has 0 radical (unpaired) electrons. The molecule has 0 saturated heterocycles. The first-order valence-corrected chi connectivity index (χ1v) is 10.6. The smallest absolute Gasteiger partial charge is 0.338 e. The number of aromatic nitrogens is 2. The van der Waals surface area contributed by atoms with Crippen LogP contribution in [0, 0.1) is 6.92 Å². The molecule has 1 aliphatic rings. The highest BCUT2D eigenvalue weighted by molar-refractivity contribution is 5.89. The van der Waals surface area contributed by atoms with Gasteiger partial charge in [-0.3, -0.25) is 9.20 Å². The van der Waals surface area contributed by atoms with E-state index in [1.807, 2.05) is 24.3 Å². The van der Waals surface area contributed by atoms with Crippen LogP contribution < -0.4 is 9.47 Å². The third-order valence-corrected chi connectivity index (χ3v) is 5.91. The number of nitrogens with zero attached hydrogens (tertiary/aromatic N) is 2. The van der Waals surface area contributed by atoms with Crippen LogP contribution in [0.3, 0.4) is 0 Å². The van der Waals surface area contributed by atoms with Gasteiger partial charge in [0.15, 0.2) is 23.8 Å². The molecule has 2 aromatic carbocycles. The molecule has 2 atom stereocenters. The second-order valence-electron chi connectivity index (χ2n) is 7.88. The molecule has 0 saturated carbocycles. The van der Waals surface area contributed by atoms with Crippen molar-refractivity contribution in [2.75, 3.05) is 7.11 Å². The van der Waals surface area contributed by atoms with Crippen LogP contribution in [0.4, 0.5) is 0 Å². The SMILES string of the molecule is COc1ccc(C(=O)OC2Cc3ccccc3C2Oc2cccn3c(C=O)c(C)nc23)cc1. The Hall–Kier alpha value is -4.13. The largest absolute Gasteiger partial charge is 0.497 e. The lowest BCUT2D eigenvalue weighted by Crippen LogP contribution is -2.26. The number of methoxy groups -OCH3 is 1. The van der Waals surface area contributed by atoms with Gasteiger partial charge in [0.25, 0.3) is 0 Å². The summed E-state index contributed by atoms with van der Waals surface area (Å²) in [7, 11) is 1.57. The van der Waals surface area contributed by atoms with Gasteiger partial charge in [-0.15, -0.1) is 0 Å². The number of fused-ring (bicyclic) bond motifs is 2. The van der Waals surface area contributed by atoms with Gasteiger partial charge >= 0.3 is 5.97 Å². The Morgan fingerprint density at radius 1 is 1.09 bits per heavy atom.